The number of hydrogen-bond donors (Lipinski definition) is 3. The van der Waals surface area contributed by atoms with Crippen LogP contribution in [0, 0.1) is 17.0 Å². The molecular formula is C19H18F2N6O. The molecular weight excluding hydrogens is 366 g/mol. The molecule has 0 aliphatic heterocycles. The number of hydrogen-bond acceptors (Lipinski definition) is 3. The summed E-state index contributed by atoms with van der Waals surface area (Å²) in [5.74, 6) is -1.44. The highest BCUT2D eigenvalue weighted by molar-refractivity contribution is 5.95. The van der Waals surface area contributed by atoms with Crippen LogP contribution < -0.4 is 10.5 Å². The lowest BCUT2D eigenvalue weighted by atomic mass is 10.0. The molecule has 0 bridgehead atoms. The van der Waals surface area contributed by atoms with Crippen molar-refractivity contribution in [2.75, 3.05) is 6.54 Å². The lowest BCUT2D eigenvalue weighted by Crippen LogP contribution is -2.13. The van der Waals surface area contributed by atoms with Gasteiger partial charge < -0.3 is 15.5 Å². The molecule has 7 nitrogen and oxygen atoms in total. The Bertz CT molecular complexity index is 1070. The Morgan fingerprint density at radius 1 is 1.21 bits per heavy atom. The number of H-pyrrole nitrogens is 1. The highest BCUT2D eigenvalue weighted by atomic mass is 19.1. The van der Waals surface area contributed by atoms with Gasteiger partial charge in [-0.2, -0.15) is 0 Å². The van der Waals surface area contributed by atoms with Gasteiger partial charge in [-0.05, 0) is 49.1 Å². The van der Waals surface area contributed by atoms with Crippen molar-refractivity contribution < 1.29 is 13.5 Å². The topological polar surface area (TPSA) is 124 Å². The lowest BCUT2D eigenvalue weighted by molar-refractivity contribution is 0.435. The standard InChI is InChI=1S/C19H18F2N6O/c20-15-5-4-11(9-14(15)19(22)23)28-18-13(3-1-2-7-26-27-24)12-6-8-25-17(12)10-16(18)21/h4-6,8-10,25H,1-3,7H2,(H3,22,23). The van der Waals surface area contributed by atoms with Crippen LogP contribution in [-0.2, 0) is 6.42 Å². The van der Waals surface area contributed by atoms with E-state index in [-0.39, 0.29) is 17.1 Å². The summed E-state index contributed by atoms with van der Waals surface area (Å²) in [6, 6.07) is 6.91. The van der Waals surface area contributed by atoms with E-state index in [0.717, 1.165) is 11.5 Å². The van der Waals surface area contributed by atoms with Gasteiger partial charge in [0.15, 0.2) is 11.6 Å². The molecule has 0 saturated carbocycles. The molecule has 0 saturated heterocycles. The fraction of sp³-hybridized carbons (Fsp3) is 0.211. The molecule has 1 aromatic heterocycles. The number of benzene rings is 2. The van der Waals surface area contributed by atoms with E-state index in [2.05, 4.69) is 15.0 Å². The molecule has 1 heterocycles. The molecule has 28 heavy (non-hydrogen) atoms. The molecule has 0 unspecified atom stereocenters. The Balaban J connectivity index is 1.96. The van der Waals surface area contributed by atoms with Crippen LogP contribution in [0.1, 0.15) is 24.0 Å². The Hall–Kier alpha value is -3.58. The number of halogens is 2. The number of amidine groups is 1. The third-order valence-electron chi connectivity index (χ3n) is 4.31. The molecule has 9 heteroatoms. The van der Waals surface area contributed by atoms with Gasteiger partial charge in [0, 0.05) is 40.2 Å². The Morgan fingerprint density at radius 3 is 2.79 bits per heavy atom. The molecule has 0 aliphatic rings. The first-order chi connectivity index (χ1) is 13.5. The second-order valence-corrected chi connectivity index (χ2v) is 6.17. The number of unbranched alkanes of at least 4 members (excludes halogenated alkanes) is 1. The SMILES string of the molecule is [N-]=[N+]=NCCCCc1c(Oc2ccc(F)c(C(=N)N)c2)c(F)cc2[nH]ccc12. The summed E-state index contributed by atoms with van der Waals surface area (Å²) in [6.45, 7) is 0.359. The van der Waals surface area contributed by atoms with Gasteiger partial charge in [-0.3, -0.25) is 5.41 Å². The van der Waals surface area contributed by atoms with Crippen LogP contribution in [0.15, 0.2) is 41.6 Å². The molecule has 0 spiro atoms. The predicted octanol–water partition coefficient (Wildman–Crippen LogP) is 5.16. The quantitative estimate of drug-likeness (QED) is 0.124. The number of ether oxygens (including phenoxy) is 1. The van der Waals surface area contributed by atoms with Crippen molar-refractivity contribution in [3.8, 4) is 11.5 Å². The minimum absolute atomic E-state index is 0.0389. The van der Waals surface area contributed by atoms with Crippen LogP contribution in [0.4, 0.5) is 8.78 Å². The second kappa shape index (κ2) is 8.41. The third-order valence-corrected chi connectivity index (χ3v) is 4.31. The summed E-state index contributed by atoms with van der Waals surface area (Å²) in [5.41, 5.74) is 14.9. The number of nitrogens with zero attached hydrogens (tertiary/aromatic N) is 3. The van der Waals surface area contributed by atoms with Gasteiger partial charge in [-0.1, -0.05) is 5.11 Å². The highest BCUT2D eigenvalue weighted by Crippen LogP contribution is 2.35. The van der Waals surface area contributed by atoms with Gasteiger partial charge in [0.2, 0.25) is 0 Å². The van der Waals surface area contributed by atoms with Crippen molar-refractivity contribution in [1.82, 2.24) is 4.98 Å². The van der Waals surface area contributed by atoms with E-state index < -0.39 is 17.5 Å². The van der Waals surface area contributed by atoms with Gasteiger partial charge >= 0.3 is 0 Å². The predicted molar refractivity (Wildman–Crippen MR) is 103 cm³/mol. The Morgan fingerprint density at radius 2 is 2.04 bits per heavy atom. The van der Waals surface area contributed by atoms with E-state index in [1.807, 2.05) is 6.07 Å². The first-order valence-electron chi connectivity index (χ1n) is 8.62. The maximum Gasteiger partial charge on any atom is 0.168 e. The number of nitrogens with two attached hydrogens (primary N) is 1. The number of aromatic nitrogens is 1. The first kappa shape index (κ1) is 19.2. The molecule has 3 rings (SSSR count). The van der Waals surface area contributed by atoms with Gasteiger partial charge in [0.1, 0.15) is 17.4 Å². The number of nitrogens with one attached hydrogen (secondary N) is 2. The summed E-state index contributed by atoms with van der Waals surface area (Å²) in [4.78, 5) is 5.69. The van der Waals surface area contributed by atoms with E-state index in [1.54, 1.807) is 6.20 Å². The van der Waals surface area contributed by atoms with Crippen molar-refractivity contribution >= 4 is 16.7 Å². The van der Waals surface area contributed by atoms with Crippen LogP contribution in [0.25, 0.3) is 21.3 Å². The molecule has 0 atom stereocenters. The average molecular weight is 384 g/mol. The minimum atomic E-state index is -0.653. The average Bonchev–Trinajstić information content (AvgIpc) is 3.12. The van der Waals surface area contributed by atoms with Gasteiger partial charge in [0.05, 0.1) is 5.56 Å². The second-order valence-electron chi connectivity index (χ2n) is 6.17. The molecule has 0 fully saturated rings. The van der Waals surface area contributed by atoms with E-state index in [4.69, 9.17) is 21.4 Å². The number of rotatable bonds is 8. The van der Waals surface area contributed by atoms with Gasteiger partial charge in [-0.15, -0.1) is 0 Å². The Kier molecular flexibility index (Phi) is 5.76. The number of azide groups is 1. The van der Waals surface area contributed by atoms with Crippen LogP contribution in [0.2, 0.25) is 0 Å². The Labute approximate surface area is 159 Å². The zero-order chi connectivity index (χ0) is 20.1. The monoisotopic (exact) mass is 384 g/mol. The maximum atomic E-state index is 14.8. The van der Waals surface area contributed by atoms with E-state index >= 15 is 0 Å². The smallest absolute Gasteiger partial charge is 0.168 e. The summed E-state index contributed by atoms with van der Waals surface area (Å²) in [7, 11) is 0. The van der Waals surface area contributed by atoms with Crippen molar-refractivity contribution in [3.63, 3.8) is 0 Å². The molecule has 0 radical (unpaired) electrons. The molecule has 0 amide bonds. The minimum Gasteiger partial charge on any atom is -0.454 e. The van der Waals surface area contributed by atoms with Crippen LogP contribution in [0.3, 0.4) is 0 Å². The van der Waals surface area contributed by atoms with Gasteiger partial charge in [0.25, 0.3) is 0 Å². The number of aryl methyl sites for hydroxylation is 1. The van der Waals surface area contributed by atoms with E-state index in [1.165, 1.54) is 18.2 Å². The van der Waals surface area contributed by atoms with Crippen molar-refractivity contribution in [3.05, 3.63) is 69.7 Å². The third kappa shape index (κ3) is 4.05. The van der Waals surface area contributed by atoms with Crippen molar-refractivity contribution in [2.24, 2.45) is 10.8 Å². The van der Waals surface area contributed by atoms with Crippen molar-refractivity contribution in [2.45, 2.75) is 19.3 Å². The van der Waals surface area contributed by atoms with E-state index in [9.17, 15) is 8.78 Å². The van der Waals surface area contributed by atoms with Gasteiger partial charge in [-0.25, -0.2) is 8.78 Å². The van der Waals surface area contributed by atoms with Crippen LogP contribution in [0.5, 0.6) is 11.5 Å². The number of fused-ring (bicyclic) bond motifs is 1. The highest BCUT2D eigenvalue weighted by Gasteiger charge is 2.17. The molecule has 3 aromatic rings. The largest absolute Gasteiger partial charge is 0.454 e. The summed E-state index contributed by atoms with van der Waals surface area (Å²) < 4.78 is 34.3. The number of aromatic amines is 1. The van der Waals surface area contributed by atoms with Crippen LogP contribution in [-0.4, -0.2) is 17.4 Å². The van der Waals surface area contributed by atoms with E-state index in [0.29, 0.717) is 36.9 Å². The molecule has 144 valence electrons. The zero-order valence-electron chi connectivity index (χ0n) is 14.9. The molecule has 4 N–H and O–H groups in total. The summed E-state index contributed by atoms with van der Waals surface area (Å²) >= 11 is 0. The summed E-state index contributed by atoms with van der Waals surface area (Å²) in [6.07, 6.45) is 3.53. The fourth-order valence-corrected chi connectivity index (χ4v) is 3.00. The van der Waals surface area contributed by atoms with Crippen molar-refractivity contribution in [1.29, 1.82) is 5.41 Å². The number of nitrogen functional groups attached to an aromatic ring is 1. The normalized spacial score (nSPS) is 10.6. The molecule has 0 aliphatic carbocycles. The molecule has 2 aromatic carbocycles. The maximum absolute atomic E-state index is 14.8. The zero-order valence-corrected chi connectivity index (χ0v) is 14.9. The van der Waals surface area contributed by atoms with Crippen LogP contribution >= 0.6 is 0 Å². The first-order valence-corrected chi connectivity index (χ1v) is 8.62. The fourth-order valence-electron chi connectivity index (χ4n) is 3.00. The lowest BCUT2D eigenvalue weighted by Gasteiger charge is -2.14. The summed E-state index contributed by atoms with van der Waals surface area (Å²) in [5, 5.41) is 11.8.